The molecule has 1 rings (SSSR count). The molecule has 3 nitrogen and oxygen atoms in total. The van der Waals surface area contributed by atoms with E-state index in [1.165, 1.54) is 12.5 Å². The molecular formula is C7H5O3. The fraction of sp³-hybridized carbons (Fsp3) is 0.143. The van der Waals surface area contributed by atoms with E-state index >= 15 is 0 Å². The van der Waals surface area contributed by atoms with E-state index in [1.807, 2.05) is 0 Å². The van der Waals surface area contributed by atoms with Crippen molar-refractivity contribution >= 4 is 12.3 Å². The summed E-state index contributed by atoms with van der Waals surface area (Å²) in [4.78, 5) is 20.4. The van der Waals surface area contributed by atoms with Crippen LogP contribution < -0.4 is 0 Å². The minimum atomic E-state index is -0.189. The van der Waals surface area contributed by atoms with Crippen LogP contribution in [0.5, 0.6) is 0 Å². The number of ketones is 1. The average Bonchev–Trinajstić information content (AvgIpc) is 1.94. The maximum atomic E-state index is 10.8. The molecule has 51 valence electrons. The Morgan fingerprint density at radius 2 is 2.40 bits per heavy atom. The van der Waals surface area contributed by atoms with Crippen LogP contribution in [0.15, 0.2) is 24.0 Å². The van der Waals surface area contributed by atoms with Gasteiger partial charge in [0.15, 0.2) is 5.76 Å². The summed E-state index contributed by atoms with van der Waals surface area (Å²) < 4.78 is 4.25. The van der Waals surface area contributed by atoms with E-state index in [9.17, 15) is 9.59 Å². The van der Waals surface area contributed by atoms with Crippen LogP contribution in [-0.2, 0) is 14.3 Å². The minimum absolute atomic E-state index is 0.0671. The van der Waals surface area contributed by atoms with Crippen LogP contribution in [-0.4, -0.2) is 12.3 Å². The summed E-state index contributed by atoms with van der Waals surface area (Å²) >= 11 is 0. The minimum Gasteiger partial charge on any atom is -0.414 e. The van der Waals surface area contributed by atoms with Crippen LogP contribution in [0.4, 0.5) is 0 Å². The number of hydrogen-bond acceptors (Lipinski definition) is 3. The SMILES string of the molecule is O=[C]OC1=CC=CCC1=O. The van der Waals surface area contributed by atoms with Crippen molar-refractivity contribution in [2.24, 2.45) is 0 Å². The van der Waals surface area contributed by atoms with E-state index in [2.05, 4.69) is 4.74 Å². The Morgan fingerprint density at radius 3 is 3.00 bits per heavy atom. The van der Waals surface area contributed by atoms with Crippen molar-refractivity contribution < 1.29 is 14.3 Å². The van der Waals surface area contributed by atoms with Crippen molar-refractivity contribution in [1.29, 1.82) is 0 Å². The van der Waals surface area contributed by atoms with Gasteiger partial charge in [0, 0.05) is 6.42 Å². The lowest BCUT2D eigenvalue weighted by molar-refractivity contribution is -0.117. The predicted molar refractivity (Wildman–Crippen MR) is 33.6 cm³/mol. The molecule has 0 heterocycles. The third-order valence-electron chi connectivity index (χ3n) is 1.11. The molecule has 1 radical (unpaired) electrons. The van der Waals surface area contributed by atoms with Crippen molar-refractivity contribution in [1.82, 2.24) is 0 Å². The number of rotatable bonds is 2. The first-order valence-electron chi connectivity index (χ1n) is 2.78. The summed E-state index contributed by atoms with van der Waals surface area (Å²) in [5.41, 5.74) is 0. The molecule has 0 aromatic heterocycles. The van der Waals surface area contributed by atoms with Gasteiger partial charge in [-0.05, 0) is 6.08 Å². The van der Waals surface area contributed by atoms with Crippen LogP contribution in [0.2, 0.25) is 0 Å². The second-order valence-corrected chi connectivity index (χ2v) is 1.77. The summed E-state index contributed by atoms with van der Waals surface area (Å²) in [6, 6.07) is 0. The van der Waals surface area contributed by atoms with Gasteiger partial charge in [0.25, 0.3) is 0 Å². The van der Waals surface area contributed by atoms with E-state index in [0.29, 0.717) is 6.42 Å². The summed E-state index contributed by atoms with van der Waals surface area (Å²) in [5.74, 6) is -0.122. The molecule has 0 aromatic rings. The second kappa shape index (κ2) is 2.96. The Bertz CT molecular complexity index is 213. The van der Waals surface area contributed by atoms with Gasteiger partial charge in [-0.2, -0.15) is 0 Å². The van der Waals surface area contributed by atoms with Gasteiger partial charge in [-0.1, -0.05) is 12.2 Å². The van der Waals surface area contributed by atoms with E-state index < -0.39 is 0 Å². The Hall–Kier alpha value is -1.38. The quantitative estimate of drug-likeness (QED) is 0.556. The standard InChI is InChI=1S/C7H5O3/c8-5-10-7-4-2-1-3-6(7)9/h1-2,4H,3H2. The largest absolute Gasteiger partial charge is 0.423 e. The fourth-order valence-corrected chi connectivity index (χ4v) is 0.660. The van der Waals surface area contributed by atoms with Crippen molar-refractivity contribution in [2.45, 2.75) is 6.42 Å². The Labute approximate surface area is 58.0 Å². The van der Waals surface area contributed by atoms with Gasteiger partial charge in [0.05, 0.1) is 0 Å². The molecule has 10 heavy (non-hydrogen) atoms. The zero-order chi connectivity index (χ0) is 7.40. The average molecular weight is 137 g/mol. The van der Waals surface area contributed by atoms with Gasteiger partial charge in [0.1, 0.15) is 0 Å². The normalized spacial score (nSPS) is 16.4. The van der Waals surface area contributed by atoms with E-state index in [4.69, 9.17) is 0 Å². The lowest BCUT2D eigenvalue weighted by Crippen LogP contribution is -2.06. The van der Waals surface area contributed by atoms with E-state index in [-0.39, 0.29) is 11.5 Å². The molecule has 0 spiro atoms. The number of Topliss-reactive ketones (excluding diaryl/α,β-unsaturated/α-hetero) is 1. The van der Waals surface area contributed by atoms with Crippen molar-refractivity contribution in [3.8, 4) is 0 Å². The third-order valence-corrected chi connectivity index (χ3v) is 1.11. The highest BCUT2D eigenvalue weighted by Crippen LogP contribution is 2.07. The van der Waals surface area contributed by atoms with Gasteiger partial charge in [-0.3, -0.25) is 4.79 Å². The molecule has 0 amide bonds. The molecule has 0 saturated heterocycles. The molecule has 0 aliphatic heterocycles. The molecule has 0 bridgehead atoms. The molecule has 1 aliphatic rings. The topological polar surface area (TPSA) is 43.4 Å². The highest BCUT2D eigenvalue weighted by molar-refractivity contribution is 5.96. The molecule has 0 atom stereocenters. The Balaban J connectivity index is 2.70. The maximum absolute atomic E-state index is 10.8. The van der Waals surface area contributed by atoms with Gasteiger partial charge in [0.2, 0.25) is 5.78 Å². The lowest BCUT2D eigenvalue weighted by Gasteiger charge is -2.01. The van der Waals surface area contributed by atoms with E-state index in [1.54, 1.807) is 12.2 Å². The molecule has 1 aliphatic carbocycles. The number of carbonyl (C=O) groups is 1. The highest BCUT2D eigenvalue weighted by atomic mass is 16.5. The van der Waals surface area contributed by atoms with Crippen LogP contribution in [0.3, 0.4) is 0 Å². The number of ether oxygens (including phenoxy) is 1. The third kappa shape index (κ3) is 1.31. The zero-order valence-electron chi connectivity index (χ0n) is 5.16. The Kier molecular flexibility index (Phi) is 1.99. The van der Waals surface area contributed by atoms with Crippen LogP contribution in [0, 0.1) is 0 Å². The molecular weight excluding hydrogens is 132 g/mol. The number of allylic oxidation sites excluding steroid dienone is 4. The van der Waals surface area contributed by atoms with Gasteiger partial charge in [-0.25, -0.2) is 4.79 Å². The van der Waals surface area contributed by atoms with Crippen molar-refractivity contribution in [3.63, 3.8) is 0 Å². The lowest BCUT2D eigenvalue weighted by atomic mass is 10.1. The molecule has 0 unspecified atom stereocenters. The summed E-state index contributed by atoms with van der Waals surface area (Å²) in [6.45, 7) is 1.19. The first kappa shape index (κ1) is 6.74. The Morgan fingerprint density at radius 1 is 1.60 bits per heavy atom. The zero-order valence-corrected chi connectivity index (χ0v) is 5.16. The highest BCUT2D eigenvalue weighted by Gasteiger charge is 2.10. The van der Waals surface area contributed by atoms with Gasteiger partial charge in [-0.15, -0.1) is 0 Å². The molecule has 3 heteroatoms. The molecule has 0 saturated carbocycles. The number of hydrogen-bond donors (Lipinski definition) is 0. The van der Waals surface area contributed by atoms with Gasteiger partial charge >= 0.3 is 6.47 Å². The van der Waals surface area contributed by atoms with E-state index in [0.717, 1.165) is 0 Å². The van der Waals surface area contributed by atoms with Crippen molar-refractivity contribution in [3.05, 3.63) is 24.0 Å². The summed E-state index contributed by atoms with van der Waals surface area (Å²) in [6.07, 6.45) is 5.10. The van der Waals surface area contributed by atoms with Crippen LogP contribution in [0.1, 0.15) is 6.42 Å². The number of carbonyl (C=O) groups excluding carboxylic acids is 2. The van der Waals surface area contributed by atoms with Gasteiger partial charge < -0.3 is 4.74 Å². The smallest absolute Gasteiger partial charge is 0.414 e. The van der Waals surface area contributed by atoms with Crippen LogP contribution >= 0.6 is 0 Å². The molecule has 0 N–H and O–H groups in total. The second-order valence-electron chi connectivity index (χ2n) is 1.77. The fourth-order valence-electron chi connectivity index (χ4n) is 0.660. The van der Waals surface area contributed by atoms with Crippen LogP contribution in [0.25, 0.3) is 0 Å². The monoisotopic (exact) mass is 137 g/mol. The molecule has 0 aromatic carbocycles. The summed E-state index contributed by atoms with van der Waals surface area (Å²) in [7, 11) is 0. The first-order valence-corrected chi connectivity index (χ1v) is 2.78. The summed E-state index contributed by atoms with van der Waals surface area (Å²) in [5, 5.41) is 0. The maximum Gasteiger partial charge on any atom is 0.423 e. The predicted octanol–water partition coefficient (Wildman–Crippen LogP) is 0.483. The first-order chi connectivity index (χ1) is 4.84. The molecule has 0 fully saturated rings. The van der Waals surface area contributed by atoms with Crippen molar-refractivity contribution in [2.75, 3.05) is 0 Å².